The number of rotatable bonds is 7. The lowest BCUT2D eigenvalue weighted by atomic mass is 9.93. The lowest BCUT2D eigenvalue weighted by Crippen LogP contribution is -2.41. The van der Waals surface area contributed by atoms with Gasteiger partial charge in [0.1, 0.15) is 12.7 Å². The minimum absolute atomic E-state index is 0.159. The van der Waals surface area contributed by atoms with Crippen molar-refractivity contribution in [3.05, 3.63) is 83.7 Å². The summed E-state index contributed by atoms with van der Waals surface area (Å²) in [7, 11) is 1.86. The van der Waals surface area contributed by atoms with Gasteiger partial charge in [0.2, 0.25) is 0 Å². The van der Waals surface area contributed by atoms with Crippen molar-refractivity contribution >= 4 is 22.9 Å². The summed E-state index contributed by atoms with van der Waals surface area (Å²) >= 11 is 0. The van der Waals surface area contributed by atoms with Gasteiger partial charge in [-0.2, -0.15) is 5.10 Å². The number of allylic oxidation sites excluding steroid dienone is 4. The smallest absolute Gasteiger partial charge is 0.255 e. The van der Waals surface area contributed by atoms with Gasteiger partial charge in [-0.05, 0) is 45.4 Å². The lowest BCUT2D eigenvalue weighted by Gasteiger charge is -2.27. The highest BCUT2D eigenvalue weighted by Crippen LogP contribution is 2.25. The van der Waals surface area contributed by atoms with E-state index >= 15 is 0 Å². The molecule has 0 aliphatic carbocycles. The molecule has 4 aromatic rings. The summed E-state index contributed by atoms with van der Waals surface area (Å²) in [6, 6.07) is 7.90. The van der Waals surface area contributed by atoms with Crippen LogP contribution in [0.25, 0.3) is 16.9 Å². The molecule has 3 aromatic heterocycles. The van der Waals surface area contributed by atoms with Gasteiger partial charge in [0.05, 0.1) is 23.0 Å². The molecular weight excluding hydrogens is 440 g/mol. The van der Waals surface area contributed by atoms with Gasteiger partial charge in [-0.25, -0.2) is 15.0 Å². The van der Waals surface area contributed by atoms with Crippen molar-refractivity contribution in [1.82, 2.24) is 34.6 Å². The maximum absolute atomic E-state index is 13.3. The zero-order valence-electron chi connectivity index (χ0n) is 20.6. The van der Waals surface area contributed by atoms with E-state index in [1.807, 2.05) is 81.8 Å². The van der Waals surface area contributed by atoms with Crippen LogP contribution in [0, 0.1) is 0 Å². The van der Waals surface area contributed by atoms with E-state index in [9.17, 15) is 4.79 Å². The third-order valence-electron chi connectivity index (χ3n) is 5.98. The van der Waals surface area contributed by atoms with Gasteiger partial charge in [-0.15, -0.1) is 0 Å². The van der Waals surface area contributed by atoms with Crippen molar-refractivity contribution in [3.63, 3.8) is 0 Å². The van der Waals surface area contributed by atoms with Crippen LogP contribution in [0.3, 0.4) is 0 Å². The third-order valence-corrected chi connectivity index (χ3v) is 5.98. The molecule has 9 nitrogen and oxygen atoms in total. The van der Waals surface area contributed by atoms with E-state index in [-0.39, 0.29) is 5.91 Å². The van der Waals surface area contributed by atoms with Crippen molar-refractivity contribution < 1.29 is 4.79 Å². The van der Waals surface area contributed by atoms with E-state index in [1.54, 1.807) is 17.2 Å². The quantitative estimate of drug-likeness (QED) is 0.396. The Balaban J connectivity index is 1.55. The summed E-state index contributed by atoms with van der Waals surface area (Å²) in [4.78, 5) is 25.9. The van der Waals surface area contributed by atoms with Crippen LogP contribution in [0.15, 0.2) is 66.9 Å². The highest BCUT2D eigenvalue weighted by atomic mass is 16.1. The Labute approximate surface area is 204 Å². The Kier molecular flexibility index (Phi) is 6.50. The highest BCUT2D eigenvalue weighted by molar-refractivity contribution is 5.95. The number of aromatic nitrogens is 6. The second-order valence-corrected chi connectivity index (χ2v) is 9.02. The molecule has 35 heavy (non-hydrogen) atoms. The number of aryl methyl sites for hydroxylation is 1. The topological polar surface area (TPSA) is 117 Å². The normalized spacial score (nSPS) is 12.5. The fourth-order valence-corrected chi connectivity index (χ4v) is 3.95. The van der Waals surface area contributed by atoms with Crippen molar-refractivity contribution in [1.29, 1.82) is 0 Å². The van der Waals surface area contributed by atoms with Gasteiger partial charge in [0.15, 0.2) is 17.0 Å². The van der Waals surface area contributed by atoms with Gasteiger partial charge in [0, 0.05) is 19.2 Å². The number of amides is 1. The first-order valence-corrected chi connectivity index (χ1v) is 11.4. The Bertz CT molecular complexity index is 1420. The molecule has 0 bridgehead atoms. The van der Waals surface area contributed by atoms with Crippen molar-refractivity contribution in [3.8, 4) is 5.69 Å². The van der Waals surface area contributed by atoms with Gasteiger partial charge in [0.25, 0.3) is 5.91 Å². The first-order valence-electron chi connectivity index (χ1n) is 11.4. The molecule has 0 unspecified atom stereocenters. The summed E-state index contributed by atoms with van der Waals surface area (Å²) < 4.78 is 3.61. The molecule has 4 rings (SSSR count). The van der Waals surface area contributed by atoms with Gasteiger partial charge in [-0.3, -0.25) is 14.0 Å². The Morgan fingerprint density at radius 3 is 2.63 bits per heavy atom. The maximum atomic E-state index is 13.3. The van der Waals surface area contributed by atoms with Crippen LogP contribution in [0.5, 0.6) is 0 Å². The molecular formula is C26H30N8O. The minimum Gasteiger partial charge on any atom is -0.382 e. The largest absolute Gasteiger partial charge is 0.382 e. The molecule has 0 saturated heterocycles. The number of nitrogen functional groups attached to an aromatic ring is 1. The number of nitrogens with zero attached hydrogens (tertiary/aromatic N) is 6. The first kappa shape index (κ1) is 23.9. The molecule has 0 aliphatic rings. The average molecular weight is 471 g/mol. The Hall–Kier alpha value is -4.27. The van der Waals surface area contributed by atoms with Crippen LogP contribution < -0.4 is 11.1 Å². The van der Waals surface area contributed by atoms with Crippen LogP contribution in [0.2, 0.25) is 0 Å². The number of carbonyl (C=O) groups excluding carboxylic acids is 1. The van der Waals surface area contributed by atoms with E-state index < -0.39 is 5.54 Å². The Morgan fingerprint density at radius 2 is 1.91 bits per heavy atom. The summed E-state index contributed by atoms with van der Waals surface area (Å²) in [6.07, 6.45) is 11.4. The van der Waals surface area contributed by atoms with Crippen LogP contribution in [-0.4, -0.2) is 35.2 Å². The van der Waals surface area contributed by atoms with E-state index in [0.29, 0.717) is 29.0 Å². The van der Waals surface area contributed by atoms with E-state index in [1.165, 1.54) is 6.33 Å². The molecule has 0 fully saturated rings. The molecule has 1 amide bonds. The van der Waals surface area contributed by atoms with Gasteiger partial charge >= 0.3 is 0 Å². The van der Waals surface area contributed by atoms with E-state index in [0.717, 1.165) is 22.5 Å². The lowest BCUT2D eigenvalue weighted by molar-refractivity contribution is 0.0911. The number of carbonyl (C=O) groups is 1. The summed E-state index contributed by atoms with van der Waals surface area (Å²) in [6.45, 7) is 7.98. The van der Waals surface area contributed by atoms with Gasteiger partial charge in [-0.1, -0.05) is 35.9 Å². The predicted octanol–water partition coefficient (Wildman–Crippen LogP) is 3.86. The summed E-state index contributed by atoms with van der Waals surface area (Å²) in [5, 5.41) is 7.50. The van der Waals surface area contributed by atoms with Crippen molar-refractivity contribution in [2.75, 3.05) is 5.73 Å². The monoisotopic (exact) mass is 470 g/mol. The van der Waals surface area contributed by atoms with Crippen molar-refractivity contribution in [2.24, 2.45) is 7.05 Å². The molecule has 0 spiro atoms. The fraction of sp³-hybridized carbons (Fsp3) is 0.269. The van der Waals surface area contributed by atoms with Crippen LogP contribution in [0.4, 0.5) is 5.82 Å². The second kappa shape index (κ2) is 9.54. The molecule has 0 aliphatic heterocycles. The molecule has 1 aromatic carbocycles. The molecule has 0 atom stereocenters. The number of fused-ring (bicyclic) bond motifs is 1. The molecule has 3 heterocycles. The van der Waals surface area contributed by atoms with Crippen LogP contribution in [-0.2, 0) is 19.0 Å². The van der Waals surface area contributed by atoms with Crippen LogP contribution in [0.1, 0.15) is 49.3 Å². The number of benzene rings is 1. The fourth-order valence-electron chi connectivity index (χ4n) is 3.95. The SMILES string of the molecule is C/C=C\C=C(/C)Cc1c(C(=O)NC(C)(C)c2ccc(-n3cnc4c(N)ncnc43)cc2)cnn1C. The van der Waals surface area contributed by atoms with Crippen LogP contribution >= 0.6 is 0 Å². The minimum atomic E-state index is -0.609. The molecule has 3 N–H and O–H groups in total. The average Bonchev–Trinajstić information content (AvgIpc) is 3.42. The predicted molar refractivity (Wildman–Crippen MR) is 137 cm³/mol. The number of hydrogen-bond donors (Lipinski definition) is 2. The van der Waals surface area contributed by atoms with E-state index in [4.69, 9.17) is 5.73 Å². The maximum Gasteiger partial charge on any atom is 0.255 e. The highest BCUT2D eigenvalue weighted by Gasteiger charge is 2.26. The Morgan fingerprint density at radius 1 is 1.17 bits per heavy atom. The van der Waals surface area contributed by atoms with Gasteiger partial charge < -0.3 is 11.1 Å². The summed E-state index contributed by atoms with van der Waals surface area (Å²) in [5.41, 5.74) is 10.9. The zero-order chi connectivity index (χ0) is 25.2. The zero-order valence-corrected chi connectivity index (χ0v) is 20.6. The first-order chi connectivity index (χ1) is 16.7. The standard InChI is InChI=1S/C26H30N8O/c1-6-7-8-17(2)13-21-20(14-31-33(21)5)25(35)32-26(3,4)18-9-11-19(12-10-18)34-16-30-22-23(27)28-15-29-24(22)34/h6-12,14-16H,13H2,1-5H3,(H,32,35)(H2,27,28,29)/b7-6-,17-8+. The molecule has 0 saturated carbocycles. The second-order valence-electron chi connectivity index (χ2n) is 9.02. The number of imidazole rings is 1. The number of nitrogens with one attached hydrogen (secondary N) is 1. The van der Waals surface area contributed by atoms with E-state index in [2.05, 4.69) is 25.4 Å². The summed E-state index contributed by atoms with van der Waals surface area (Å²) in [5.74, 6) is 0.185. The third kappa shape index (κ3) is 4.84. The molecule has 9 heteroatoms. The molecule has 180 valence electrons. The number of anilines is 1. The molecule has 0 radical (unpaired) electrons. The number of nitrogens with two attached hydrogens (primary N) is 1. The van der Waals surface area contributed by atoms with Crippen molar-refractivity contribution in [2.45, 2.75) is 39.7 Å². The number of hydrogen-bond acceptors (Lipinski definition) is 6.